The minimum absolute atomic E-state index is 0.0866. The second-order valence-electron chi connectivity index (χ2n) is 6.94. The molecule has 1 heterocycles. The van der Waals surface area contributed by atoms with Crippen molar-refractivity contribution >= 4 is 37.4 Å². The molecule has 1 amide bonds. The quantitative estimate of drug-likeness (QED) is 0.620. The number of carbonyl (C=O) groups is 1. The fourth-order valence-electron chi connectivity index (χ4n) is 3.28. The first kappa shape index (κ1) is 22.7. The lowest BCUT2D eigenvalue weighted by Crippen LogP contribution is -2.56. The Kier molecular flexibility index (Phi) is 6.57. The molecular weight excluding hydrogens is 448 g/mol. The fourth-order valence-corrected chi connectivity index (χ4v) is 6.52. The highest BCUT2D eigenvalue weighted by Crippen LogP contribution is 2.26. The van der Waals surface area contributed by atoms with Crippen molar-refractivity contribution < 1.29 is 21.6 Å². The topological polar surface area (TPSA) is 91.8 Å². The number of halogens is 1. The van der Waals surface area contributed by atoms with Gasteiger partial charge < -0.3 is 4.90 Å². The van der Waals surface area contributed by atoms with E-state index in [-0.39, 0.29) is 28.8 Å². The number of hydrogen-bond acceptors (Lipinski definition) is 5. The number of sulfonamides is 1. The minimum Gasteiger partial charge on any atom is -0.336 e. The molecule has 2 aromatic carbocycles. The van der Waals surface area contributed by atoms with Crippen LogP contribution >= 0.6 is 11.6 Å². The molecule has 0 bridgehead atoms. The summed E-state index contributed by atoms with van der Waals surface area (Å²) in [6, 6.07) is 11.7. The van der Waals surface area contributed by atoms with Crippen LogP contribution in [0.5, 0.6) is 0 Å². The van der Waals surface area contributed by atoms with Crippen molar-refractivity contribution in [3.8, 4) is 0 Å². The van der Waals surface area contributed by atoms with Gasteiger partial charge in [0, 0.05) is 36.8 Å². The Labute approximate surface area is 182 Å². The summed E-state index contributed by atoms with van der Waals surface area (Å²) in [4.78, 5) is 14.4. The molecule has 0 spiro atoms. The Morgan fingerprint density at radius 1 is 0.933 bits per heavy atom. The van der Waals surface area contributed by atoms with E-state index in [0.29, 0.717) is 23.7 Å². The third kappa shape index (κ3) is 4.25. The van der Waals surface area contributed by atoms with E-state index in [2.05, 4.69) is 0 Å². The number of amides is 1. The van der Waals surface area contributed by atoms with Gasteiger partial charge in [0.25, 0.3) is 5.91 Å². The number of rotatable bonds is 7. The molecule has 1 saturated heterocycles. The summed E-state index contributed by atoms with van der Waals surface area (Å²) in [5.74, 6) is -0.329. The van der Waals surface area contributed by atoms with Crippen molar-refractivity contribution in [3.63, 3.8) is 0 Å². The summed E-state index contributed by atoms with van der Waals surface area (Å²) < 4.78 is 51.7. The van der Waals surface area contributed by atoms with Crippen molar-refractivity contribution in [1.82, 2.24) is 9.21 Å². The molecule has 0 unspecified atom stereocenters. The molecule has 10 heteroatoms. The predicted molar refractivity (Wildman–Crippen MR) is 115 cm³/mol. The van der Waals surface area contributed by atoms with E-state index in [1.807, 2.05) is 0 Å². The largest absolute Gasteiger partial charge is 0.336 e. The highest BCUT2D eigenvalue weighted by Gasteiger charge is 2.40. The van der Waals surface area contributed by atoms with Crippen LogP contribution in [-0.4, -0.2) is 63.4 Å². The molecule has 30 heavy (non-hydrogen) atoms. The SMILES string of the molecule is CCN(CC)S(=O)(=O)c1ccc(C(=O)N2CC(S(=O)(=O)c3ccc(Cl)cc3)C2)cc1. The summed E-state index contributed by atoms with van der Waals surface area (Å²) in [6.07, 6.45) is 0. The number of benzene rings is 2. The fraction of sp³-hybridized carbons (Fsp3) is 0.350. The molecular formula is C20H23ClN2O5S2. The molecule has 1 aliphatic rings. The van der Waals surface area contributed by atoms with Gasteiger partial charge in [0.1, 0.15) is 5.25 Å². The van der Waals surface area contributed by atoms with Gasteiger partial charge in [-0.15, -0.1) is 0 Å². The van der Waals surface area contributed by atoms with E-state index in [1.165, 1.54) is 57.7 Å². The zero-order chi connectivity index (χ0) is 22.1. The van der Waals surface area contributed by atoms with Gasteiger partial charge in [0.15, 0.2) is 9.84 Å². The van der Waals surface area contributed by atoms with Crippen LogP contribution in [0.25, 0.3) is 0 Å². The standard InChI is InChI=1S/C20H23ClN2O5S2/c1-3-23(4-2)30(27,28)18-9-5-15(6-10-18)20(24)22-13-19(14-22)29(25,26)17-11-7-16(21)8-12-17/h5-12,19H,3-4,13-14H2,1-2H3. The van der Waals surface area contributed by atoms with Crippen LogP contribution in [0.1, 0.15) is 24.2 Å². The van der Waals surface area contributed by atoms with Crippen LogP contribution in [0.2, 0.25) is 5.02 Å². The van der Waals surface area contributed by atoms with Crippen molar-refractivity contribution in [1.29, 1.82) is 0 Å². The van der Waals surface area contributed by atoms with Crippen LogP contribution in [0.3, 0.4) is 0 Å². The molecule has 1 aliphatic heterocycles. The Balaban J connectivity index is 1.68. The monoisotopic (exact) mass is 470 g/mol. The van der Waals surface area contributed by atoms with Gasteiger partial charge in [0.2, 0.25) is 10.0 Å². The zero-order valence-electron chi connectivity index (χ0n) is 16.7. The third-order valence-electron chi connectivity index (χ3n) is 5.16. The zero-order valence-corrected chi connectivity index (χ0v) is 19.0. The highest BCUT2D eigenvalue weighted by molar-refractivity contribution is 7.92. The van der Waals surface area contributed by atoms with Crippen LogP contribution in [0, 0.1) is 0 Å². The van der Waals surface area contributed by atoms with Gasteiger partial charge in [-0.2, -0.15) is 4.31 Å². The summed E-state index contributed by atoms with van der Waals surface area (Å²) >= 11 is 5.81. The Morgan fingerprint density at radius 2 is 1.43 bits per heavy atom. The maximum atomic E-state index is 12.7. The molecule has 0 aliphatic carbocycles. The van der Waals surface area contributed by atoms with E-state index < -0.39 is 25.1 Å². The molecule has 0 radical (unpaired) electrons. The van der Waals surface area contributed by atoms with Gasteiger partial charge in [-0.1, -0.05) is 25.4 Å². The van der Waals surface area contributed by atoms with Gasteiger partial charge in [-0.25, -0.2) is 16.8 Å². The van der Waals surface area contributed by atoms with E-state index in [4.69, 9.17) is 11.6 Å². The lowest BCUT2D eigenvalue weighted by atomic mass is 10.1. The van der Waals surface area contributed by atoms with E-state index in [0.717, 1.165) is 0 Å². The Morgan fingerprint density at radius 3 is 1.93 bits per heavy atom. The Bertz CT molecular complexity index is 1120. The van der Waals surface area contributed by atoms with E-state index >= 15 is 0 Å². The molecule has 2 aromatic rings. The third-order valence-corrected chi connectivity index (χ3v) is 9.58. The molecule has 0 saturated carbocycles. The number of nitrogens with zero attached hydrogens (tertiary/aromatic N) is 2. The molecule has 1 fully saturated rings. The van der Waals surface area contributed by atoms with E-state index in [1.54, 1.807) is 13.8 Å². The second kappa shape index (κ2) is 8.66. The summed E-state index contributed by atoms with van der Waals surface area (Å²) in [6.45, 7) is 4.41. The maximum Gasteiger partial charge on any atom is 0.253 e. The first-order valence-corrected chi connectivity index (χ1v) is 12.9. The molecule has 0 aromatic heterocycles. The van der Waals surface area contributed by atoms with Gasteiger partial charge >= 0.3 is 0 Å². The normalized spacial score (nSPS) is 15.3. The number of likely N-dealkylation sites (tertiary alicyclic amines) is 1. The van der Waals surface area contributed by atoms with Crippen molar-refractivity contribution in [2.24, 2.45) is 0 Å². The molecule has 0 N–H and O–H groups in total. The predicted octanol–water partition coefficient (Wildman–Crippen LogP) is 2.67. The lowest BCUT2D eigenvalue weighted by Gasteiger charge is -2.38. The molecule has 0 atom stereocenters. The van der Waals surface area contributed by atoms with Crippen molar-refractivity contribution in [2.45, 2.75) is 28.9 Å². The van der Waals surface area contributed by atoms with Crippen molar-refractivity contribution in [3.05, 3.63) is 59.1 Å². The highest BCUT2D eigenvalue weighted by atomic mass is 35.5. The minimum atomic E-state index is -3.60. The summed E-state index contributed by atoms with van der Waals surface area (Å²) in [5.41, 5.74) is 0.316. The van der Waals surface area contributed by atoms with Crippen LogP contribution in [-0.2, 0) is 19.9 Å². The number of hydrogen-bond donors (Lipinski definition) is 0. The lowest BCUT2D eigenvalue weighted by molar-refractivity contribution is 0.0658. The van der Waals surface area contributed by atoms with Crippen LogP contribution in [0.4, 0.5) is 0 Å². The second-order valence-corrected chi connectivity index (χ2v) is 11.5. The van der Waals surface area contributed by atoms with Gasteiger partial charge in [-0.3, -0.25) is 4.79 Å². The molecule has 162 valence electrons. The average molecular weight is 471 g/mol. The smallest absolute Gasteiger partial charge is 0.253 e. The van der Waals surface area contributed by atoms with Crippen LogP contribution in [0.15, 0.2) is 58.3 Å². The number of sulfone groups is 1. The Hall–Kier alpha value is -1.94. The summed E-state index contributed by atoms with van der Waals surface area (Å²) in [7, 11) is -7.14. The van der Waals surface area contributed by atoms with Gasteiger partial charge in [-0.05, 0) is 48.5 Å². The number of carbonyl (C=O) groups excluding carboxylic acids is 1. The van der Waals surface area contributed by atoms with E-state index in [9.17, 15) is 21.6 Å². The van der Waals surface area contributed by atoms with Gasteiger partial charge in [0.05, 0.1) is 9.79 Å². The molecule has 7 nitrogen and oxygen atoms in total. The molecule has 3 rings (SSSR count). The average Bonchev–Trinajstić information content (AvgIpc) is 2.67. The first-order chi connectivity index (χ1) is 14.1. The first-order valence-electron chi connectivity index (χ1n) is 9.50. The van der Waals surface area contributed by atoms with Crippen molar-refractivity contribution in [2.75, 3.05) is 26.2 Å². The van der Waals surface area contributed by atoms with Crippen LogP contribution < -0.4 is 0 Å². The summed E-state index contributed by atoms with van der Waals surface area (Å²) in [5, 5.41) is -0.226. The maximum absolute atomic E-state index is 12.7.